The Kier molecular flexibility index (Phi) is 7.37. The lowest BCUT2D eigenvalue weighted by molar-refractivity contribution is -0.160. The Balaban J connectivity index is 2.30. The lowest BCUT2D eigenvalue weighted by Gasteiger charge is -2.32. The number of nitrogens with zero attached hydrogens (tertiary/aromatic N) is 1. The first-order valence-corrected chi connectivity index (χ1v) is 12.7. The Hall–Kier alpha value is -1.90. The average Bonchev–Trinajstić information content (AvgIpc) is 2.87. The average molecular weight is 483 g/mol. The normalized spacial score (nSPS) is 22.7. The minimum Gasteiger partial charge on any atom is -0.454 e. The number of ether oxygens (including phenoxy) is 2. The quantitative estimate of drug-likeness (QED) is 0.472. The zero-order chi connectivity index (χ0) is 22.9. The minimum atomic E-state index is -4.22. The monoisotopic (exact) mass is 482 g/mol. The molecule has 0 fully saturated rings. The van der Waals surface area contributed by atoms with Gasteiger partial charge in [0.05, 0.1) is 11.3 Å². The third kappa shape index (κ3) is 5.22. The molecule has 0 aliphatic carbocycles. The van der Waals surface area contributed by atoms with Gasteiger partial charge in [-0.3, -0.25) is 9.59 Å². The van der Waals surface area contributed by atoms with E-state index in [2.05, 4.69) is 4.74 Å². The molecule has 0 bridgehead atoms. The van der Waals surface area contributed by atoms with Crippen LogP contribution >= 0.6 is 11.8 Å². The van der Waals surface area contributed by atoms with Crippen molar-refractivity contribution < 1.29 is 40.7 Å². The van der Waals surface area contributed by atoms with E-state index in [0.29, 0.717) is 17.3 Å². The minimum absolute atomic E-state index is 0.0786. The van der Waals surface area contributed by atoms with Crippen LogP contribution < -0.4 is 5.14 Å². The van der Waals surface area contributed by atoms with E-state index < -0.39 is 62.2 Å². The number of sulfonamides is 1. The van der Waals surface area contributed by atoms with Crippen LogP contribution in [-0.4, -0.2) is 70.6 Å². The molecule has 0 aromatic carbocycles. The summed E-state index contributed by atoms with van der Waals surface area (Å²) in [6.45, 7) is 2.94. The standard InChI is InChI=1S/C16H22N2O9S3/c1-4-18(13(20)7-27-14(21)8-26-10(3)19)12-6-15(30(17,24)25)28-16-11(12)5-9(2)29(16,22)23/h6,9,12H,4-5,7-8H2,1-3H3,(H2,17,24,25)/t9-,12-/m0/s1. The summed E-state index contributed by atoms with van der Waals surface area (Å²) in [6.07, 6.45) is 1.36. The van der Waals surface area contributed by atoms with Crippen LogP contribution in [0.25, 0.3) is 0 Å². The number of likely N-dealkylation sites (N-methyl/N-ethyl adjacent to an activating group) is 1. The van der Waals surface area contributed by atoms with E-state index in [1.807, 2.05) is 0 Å². The number of hydrogen-bond donors (Lipinski definition) is 1. The fourth-order valence-corrected chi connectivity index (χ4v) is 7.44. The summed E-state index contributed by atoms with van der Waals surface area (Å²) in [5.41, 5.74) is 0.390. The third-order valence-electron chi connectivity index (χ3n) is 4.43. The van der Waals surface area contributed by atoms with Crippen molar-refractivity contribution in [2.45, 2.75) is 38.5 Å². The maximum Gasteiger partial charge on any atom is 0.344 e. The van der Waals surface area contributed by atoms with Crippen LogP contribution in [0.3, 0.4) is 0 Å². The van der Waals surface area contributed by atoms with E-state index in [4.69, 9.17) is 9.88 Å². The fraction of sp³-hybridized carbons (Fsp3) is 0.562. The van der Waals surface area contributed by atoms with Crippen LogP contribution in [-0.2, 0) is 43.7 Å². The van der Waals surface area contributed by atoms with Crippen molar-refractivity contribution in [3.8, 4) is 0 Å². The molecule has 2 aliphatic heterocycles. The van der Waals surface area contributed by atoms with Crippen molar-refractivity contribution in [2.75, 3.05) is 19.8 Å². The maximum absolute atomic E-state index is 12.7. The molecular formula is C16H22N2O9S3. The summed E-state index contributed by atoms with van der Waals surface area (Å²) in [4.78, 5) is 36.1. The Labute approximate surface area is 178 Å². The SMILES string of the molecule is CCN(C(=O)COC(=O)COC(C)=O)[C@H]1C=C(S(N)(=O)=O)SC2=C1C[C@H](C)S2(=O)=O. The van der Waals surface area contributed by atoms with Gasteiger partial charge in [0.15, 0.2) is 23.1 Å². The van der Waals surface area contributed by atoms with Crippen LogP contribution in [0.2, 0.25) is 0 Å². The molecule has 2 heterocycles. The predicted octanol–water partition coefficient (Wildman–Crippen LogP) is -0.395. The van der Waals surface area contributed by atoms with Crippen molar-refractivity contribution in [3.63, 3.8) is 0 Å². The van der Waals surface area contributed by atoms with Gasteiger partial charge in [-0.05, 0) is 31.9 Å². The number of thioether (sulfide) groups is 1. The largest absolute Gasteiger partial charge is 0.454 e. The van der Waals surface area contributed by atoms with Crippen LogP contribution in [0, 0.1) is 0 Å². The second kappa shape index (κ2) is 9.08. The van der Waals surface area contributed by atoms with Crippen LogP contribution in [0.5, 0.6) is 0 Å². The Morgan fingerprint density at radius 1 is 1.27 bits per heavy atom. The molecule has 0 saturated heterocycles. The van der Waals surface area contributed by atoms with Gasteiger partial charge in [0.2, 0.25) is 10.0 Å². The smallest absolute Gasteiger partial charge is 0.344 e. The molecule has 0 aromatic heterocycles. The summed E-state index contributed by atoms with van der Waals surface area (Å²) < 4.78 is 57.8. The number of carbonyl (C=O) groups excluding carboxylic acids is 3. The molecule has 2 aliphatic rings. The topological polar surface area (TPSA) is 167 Å². The lowest BCUT2D eigenvalue weighted by atomic mass is 10.0. The molecular weight excluding hydrogens is 460 g/mol. The van der Waals surface area contributed by atoms with E-state index in [9.17, 15) is 31.2 Å². The molecule has 2 atom stereocenters. The molecule has 11 nitrogen and oxygen atoms in total. The second-order valence-electron chi connectivity index (χ2n) is 6.57. The van der Waals surface area contributed by atoms with Crippen LogP contribution in [0.1, 0.15) is 27.2 Å². The van der Waals surface area contributed by atoms with Gasteiger partial charge in [-0.2, -0.15) is 0 Å². The highest BCUT2D eigenvalue weighted by molar-refractivity contribution is 8.27. The van der Waals surface area contributed by atoms with Crippen molar-refractivity contribution in [3.05, 3.63) is 20.1 Å². The van der Waals surface area contributed by atoms with E-state index in [0.717, 1.165) is 6.92 Å². The zero-order valence-corrected chi connectivity index (χ0v) is 18.9. The predicted molar refractivity (Wildman–Crippen MR) is 108 cm³/mol. The van der Waals surface area contributed by atoms with E-state index in [1.165, 1.54) is 17.9 Å². The van der Waals surface area contributed by atoms with Crippen molar-refractivity contribution in [1.29, 1.82) is 0 Å². The summed E-state index contributed by atoms with van der Waals surface area (Å²) in [5, 5.41) is 4.43. The molecule has 0 saturated carbocycles. The first kappa shape index (κ1) is 24.4. The Morgan fingerprint density at radius 3 is 2.43 bits per heavy atom. The summed E-state index contributed by atoms with van der Waals surface area (Å²) in [7, 11) is -7.97. The summed E-state index contributed by atoms with van der Waals surface area (Å²) in [5.74, 6) is -2.31. The number of rotatable bonds is 7. The second-order valence-corrected chi connectivity index (χ2v) is 12.0. The highest BCUT2D eigenvalue weighted by Crippen LogP contribution is 2.48. The first-order chi connectivity index (χ1) is 13.8. The Morgan fingerprint density at radius 2 is 1.90 bits per heavy atom. The number of carbonyl (C=O) groups is 3. The molecule has 168 valence electrons. The fourth-order valence-electron chi connectivity index (χ4n) is 2.97. The van der Waals surface area contributed by atoms with Gasteiger partial charge in [-0.15, -0.1) is 0 Å². The van der Waals surface area contributed by atoms with Crippen LogP contribution in [0.4, 0.5) is 0 Å². The van der Waals surface area contributed by atoms with Gasteiger partial charge in [-0.25, -0.2) is 26.8 Å². The van der Waals surface area contributed by atoms with Gasteiger partial charge in [0.25, 0.3) is 5.91 Å². The number of sulfone groups is 1. The van der Waals surface area contributed by atoms with E-state index >= 15 is 0 Å². The zero-order valence-electron chi connectivity index (χ0n) is 16.5. The first-order valence-electron chi connectivity index (χ1n) is 8.76. The van der Waals surface area contributed by atoms with Crippen molar-refractivity contribution in [2.24, 2.45) is 5.14 Å². The van der Waals surface area contributed by atoms with Gasteiger partial charge in [-0.1, -0.05) is 11.8 Å². The molecule has 2 N–H and O–H groups in total. The third-order valence-corrected chi connectivity index (χ3v) is 9.81. The van der Waals surface area contributed by atoms with E-state index in [-0.39, 0.29) is 21.4 Å². The van der Waals surface area contributed by atoms with E-state index in [1.54, 1.807) is 6.92 Å². The molecule has 0 aromatic rings. The maximum atomic E-state index is 12.7. The van der Waals surface area contributed by atoms with Crippen molar-refractivity contribution >= 4 is 49.5 Å². The highest BCUT2D eigenvalue weighted by Gasteiger charge is 2.45. The summed E-state index contributed by atoms with van der Waals surface area (Å²) >= 11 is 0.559. The number of nitrogens with two attached hydrogens (primary N) is 1. The molecule has 30 heavy (non-hydrogen) atoms. The molecule has 14 heteroatoms. The lowest BCUT2D eigenvalue weighted by Crippen LogP contribution is -2.44. The number of esters is 2. The van der Waals surface area contributed by atoms with Crippen molar-refractivity contribution in [1.82, 2.24) is 4.90 Å². The molecule has 0 unspecified atom stereocenters. The molecule has 0 radical (unpaired) electrons. The Bertz CT molecular complexity index is 1030. The van der Waals surface area contributed by atoms with Gasteiger partial charge in [0, 0.05) is 13.5 Å². The molecule has 1 amide bonds. The summed E-state index contributed by atoms with van der Waals surface area (Å²) in [6, 6.07) is -0.973. The molecule has 2 rings (SSSR count). The highest BCUT2D eigenvalue weighted by atomic mass is 32.3. The van der Waals surface area contributed by atoms with Gasteiger partial charge < -0.3 is 14.4 Å². The number of primary sulfonamides is 1. The number of amides is 1. The number of hydrogen-bond acceptors (Lipinski definition) is 10. The molecule has 0 spiro atoms. The van der Waals surface area contributed by atoms with Gasteiger partial charge in [0.1, 0.15) is 8.47 Å². The van der Waals surface area contributed by atoms with Gasteiger partial charge >= 0.3 is 11.9 Å². The van der Waals surface area contributed by atoms with Crippen LogP contribution in [0.15, 0.2) is 20.1 Å².